The number of Topliss-reactive ketones (excluding diaryl/α,β-unsaturated/α-hetero) is 3. The molecule has 0 saturated carbocycles. The van der Waals surface area contributed by atoms with Gasteiger partial charge in [-0.1, -0.05) is 84.4 Å². The summed E-state index contributed by atoms with van der Waals surface area (Å²) in [5, 5.41) is 0. The molecular weight excluding hydrogens is 410 g/mol. The predicted molar refractivity (Wildman–Crippen MR) is 128 cm³/mol. The number of aryl methyl sites for hydroxylation is 1. The Kier molecular flexibility index (Phi) is 4.12. The topological polar surface area (TPSA) is 54.5 Å². The Bertz CT molecular complexity index is 1330. The number of para-hydroxylation sites is 1. The molecule has 3 aromatic rings. The first-order valence-electron chi connectivity index (χ1n) is 11.3. The van der Waals surface area contributed by atoms with Gasteiger partial charge in [-0.25, -0.2) is 0 Å². The van der Waals surface area contributed by atoms with Crippen LogP contribution in [0.5, 0.6) is 0 Å². The third-order valence-electron chi connectivity index (χ3n) is 7.57. The molecule has 3 atom stereocenters. The SMILES string of the molecule is CC(=O)[C@H]1[C@@H](c2ccc(C)cc2)C2(C(=O)c3ccccc3C2=O)[C@H]2C=Cc3ccccc3N12. The molecule has 3 aromatic carbocycles. The van der Waals surface area contributed by atoms with Crippen molar-refractivity contribution < 1.29 is 14.4 Å². The van der Waals surface area contributed by atoms with E-state index in [2.05, 4.69) is 0 Å². The van der Waals surface area contributed by atoms with Gasteiger partial charge in [0.25, 0.3) is 0 Å². The van der Waals surface area contributed by atoms with E-state index in [0.717, 1.165) is 22.4 Å². The minimum absolute atomic E-state index is 0.0518. The average Bonchev–Trinajstić information content (AvgIpc) is 3.27. The molecule has 2 heterocycles. The second kappa shape index (κ2) is 6.85. The number of carbonyl (C=O) groups is 3. The van der Waals surface area contributed by atoms with Crippen molar-refractivity contribution in [3.05, 3.63) is 107 Å². The summed E-state index contributed by atoms with van der Waals surface area (Å²) in [6.07, 6.45) is 3.94. The number of carbonyl (C=O) groups excluding carboxylic acids is 3. The van der Waals surface area contributed by atoms with Crippen LogP contribution >= 0.6 is 0 Å². The predicted octanol–water partition coefficient (Wildman–Crippen LogP) is 5.02. The van der Waals surface area contributed by atoms with Gasteiger partial charge in [0.05, 0.1) is 12.1 Å². The van der Waals surface area contributed by atoms with Gasteiger partial charge in [-0.05, 0) is 31.0 Å². The number of hydrogen-bond donors (Lipinski definition) is 0. The zero-order valence-electron chi connectivity index (χ0n) is 18.5. The fourth-order valence-electron chi connectivity index (χ4n) is 6.22. The first-order valence-corrected chi connectivity index (χ1v) is 11.3. The van der Waals surface area contributed by atoms with Crippen LogP contribution in [0.25, 0.3) is 6.08 Å². The Morgan fingerprint density at radius 2 is 1.45 bits per heavy atom. The lowest BCUT2D eigenvalue weighted by atomic mass is 9.64. The van der Waals surface area contributed by atoms with Crippen molar-refractivity contribution >= 4 is 29.1 Å². The highest BCUT2D eigenvalue weighted by Crippen LogP contribution is 2.60. The molecule has 1 aliphatic carbocycles. The number of benzene rings is 3. The number of fused-ring (bicyclic) bond motifs is 5. The molecule has 4 heteroatoms. The fraction of sp³-hybridized carbons (Fsp3) is 0.207. The summed E-state index contributed by atoms with van der Waals surface area (Å²) in [7, 11) is 0. The van der Waals surface area contributed by atoms with E-state index in [0.29, 0.717) is 11.1 Å². The van der Waals surface area contributed by atoms with Crippen LogP contribution in [-0.2, 0) is 4.79 Å². The second-order valence-corrected chi connectivity index (χ2v) is 9.29. The molecule has 2 aliphatic heterocycles. The van der Waals surface area contributed by atoms with Crippen LogP contribution in [0, 0.1) is 12.3 Å². The summed E-state index contributed by atoms with van der Waals surface area (Å²) >= 11 is 0. The summed E-state index contributed by atoms with van der Waals surface area (Å²) in [6, 6.07) is 21.7. The monoisotopic (exact) mass is 433 g/mol. The van der Waals surface area contributed by atoms with Gasteiger partial charge in [-0.15, -0.1) is 0 Å². The minimum Gasteiger partial charge on any atom is -0.352 e. The number of nitrogens with zero attached hydrogens (tertiary/aromatic N) is 1. The van der Waals surface area contributed by atoms with E-state index in [4.69, 9.17) is 0 Å². The van der Waals surface area contributed by atoms with Gasteiger partial charge in [-0.3, -0.25) is 14.4 Å². The van der Waals surface area contributed by atoms with Crippen molar-refractivity contribution in [1.29, 1.82) is 0 Å². The van der Waals surface area contributed by atoms with Gasteiger partial charge < -0.3 is 4.90 Å². The van der Waals surface area contributed by atoms with E-state index >= 15 is 0 Å². The molecule has 33 heavy (non-hydrogen) atoms. The van der Waals surface area contributed by atoms with Crippen LogP contribution in [0.15, 0.2) is 78.9 Å². The van der Waals surface area contributed by atoms with Crippen molar-refractivity contribution in [3.8, 4) is 0 Å². The molecule has 0 N–H and O–H groups in total. The Morgan fingerprint density at radius 1 is 0.848 bits per heavy atom. The standard InChI is InChI=1S/C29H23NO3/c1-17-11-13-20(14-12-17)25-26(18(2)31)30-23-10-6-3-7-19(23)15-16-24(30)29(25)27(32)21-8-4-5-9-22(21)28(29)33/h3-16,24-26H,1-2H3/t24-,25-,26+/m1/s1. The van der Waals surface area contributed by atoms with E-state index in [1.54, 1.807) is 31.2 Å². The van der Waals surface area contributed by atoms with Crippen LogP contribution in [0.2, 0.25) is 0 Å². The maximum Gasteiger partial charge on any atom is 0.180 e. The van der Waals surface area contributed by atoms with Gasteiger partial charge >= 0.3 is 0 Å². The maximum absolute atomic E-state index is 14.2. The van der Waals surface area contributed by atoms with Crippen molar-refractivity contribution in [2.24, 2.45) is 5.41 Å². The third-order valence-corrected chi connectivity index (χ3v) is 7.57. The quantitative estimate of drug-likeness (QED) is 0.533. The van der Waals surface area contributed by atoms with Crippen molar-refractivity contribution in [3.63, 3.8) is 0 Å². The molecule has 6 rings (SSSR count). The van der Waals surface area contributed by atoms with E-state index in [1.165, 1.54) is 0 Å². The summed E-state index contributed by atoms with van der Waals surface area (Å²) < 4.78 is 0. The summed E-state index contributed by atoms with van der Waals surface area (Å²) in [5.74, 6) is -1.01. The van der Waals surface area contributed by atoms with Gasteiger partial charge in [0.2, 0.25) is 0 Å². The second-order valence-electron chi connectivity index (χ2n) is 9.29. The highest BCUT2D eigenvalue weighted by atomic mass is 16.2. The van der Waals surface area contributed by atoms with Gasteiger partial charge in [0.1, 0.15) is 5.41 Å². The molecule has 0 amide bonds. The highest BCUT2D eigenvalue weighted by molar-refractivity contribution is 6.32. The Balaban J connectivity index is 1.68. The maximum atomic E-state index is 14.2. The van der Waals surface area contributed by atoms with E-state index in [-0.39, 0.29) is 17.3 Å². The lowest BCUT2D eigenvalue weighted by molar-refractivity contribution is -0.118. The van der Waals surface area contributed by atoms with Crippen LogP contribution in [0.4, 0.5) is 5.69 Å². The molecule has 4 nitrogen and oxygen atoms in total. The van der Waals surface area contributed by atoms with E-state index in [9.17, 15) is 14.4 Å². The van der Waals surface area contributed by atoms with Crippen LogP contribution in [-0.4, -0.2) is 29.4 Å². The Labute approximate surface area is 192 Å². The molecule has 1 spiro atoms. The van der Waals surface area contributed by atoms with Gasteiger partial charge in [0, 0.05) is 22.7 Å². The van der Waals surface area contributed by atoms with E-state index in [1.807, 2.05) is 72.5 Å². The van der Waals surface area contributed by atoms with Gasteiger partial charge in [0.15, 0.2) is 17.3 Å². The minimum atomic E-state index is -1.39. The van der Waals surface area contributed by atoms with Crippen molar-refractivity contribution in [2.75, 3.05) is 4.90 Å². The molecule has 0 radical (unpaired) electrons. The van der Waals surface area contributed by atoms with Crippen molar-refractivity contribution in [2.45, 2.75) is 31.8 Å². The number of ketones is 3. The fourth-order valence-corrected chi connectivity index (χ4v) is 6.22. The summed E-state index contributed by atoms with van der Waals surface area (Å²) in [6.45, 7) is 3.57. The lowest BCUT2D eigenvalue weighted by Gasteiger charge is -2.37. The average molecular weight is 434 g/mol. The first kappa shape index (κ1) is 19.9. The zero-order chi connectivity index (χ0) is 22.9. The first-order chi connectivity index (χ1) is 16.0. The molecular formula is C29H23NO3. The smallest absolute Gasteiger partial charge is 0.180 e. The molecule has 162 valence electrons. The normalized spacial score (nSPS) is 24.1. The highest BCUT2D eigenvalue weighted by Gasteiger charge is 2.71. The Morgan fingerprint density at radius 3 is 2.09 bits per heavy atom. The number of anilines is 1. The third kappa shape index (κ3) is 2.44. The van der Waals surface area contributed by atoms with Crippen LogP contribution < -0.4 is 4.90 Å². The molecule has 1 saturated heterocycles. The zero-order valence-corrected chi connectivity index (χ0v) is 18.5. The molecule has 0 unspecified atom stereocenters. The van der Waals surface area contributed by atoms with Crippen molar-refractivity contribution in [1.82, 2.24) is 0 Å². The summed E-state index contributed by atoms with van der Waals surface area (Å²) in [4.78, 5) is 43.8. The van der Waals surface area contributed by atoms with Crippen LogP contribution in [0.3, 0.4) is 0 Å². The van der Waals surface area contributed by atoms with E-state index < -0.39 is 23.4 Å². The largest absolute Gasteiger partial charge is 0.352 e. The molecule has 0 bridgehead atoms. The number of hydrogen-bond acceptors (Lipinski definition) is 4. The molecule has 3 aliphatic rings. The molecule has 1 fully saturated rings. The van der Waals surface area contributed by atoms with Gasteiger partial charge in [-0.2, -0.15) is 0 Å². The summed E-state index contributed by atoms with van der Waals surface area (Å²) in [5.41, 5.74) is 3.31. The Hall–Kier alpha value is -3.79. The lowest BCUT2D eigenvalue weighted by Crippen LogP contribution is -2.48. The van der Waals surface area contributed by atoms with Crippen LogP contribution in [0.1, 0.15) is 50.2 Å². The molecule has 0 aromatic heterocycles. The number of rotatable bonds is 2.